The van der Waals surface area contributed by atoms with Gasteiger partial charge in [0, 0.05) is 16.4 Å². The number of quaternary nitrogens is 1. The van der Waals surface area contributed by atoms with E-state index in [-0.39, 0.29) is 16.9 Å². The molecular formula is C15H20I2NO3+. The van der Waals surface area contributed by atoms with Gasteiger partial charge in [-0.1, -0.05) is 6.92 Å². The zero-order valence-corrected chi connectivity index (χ0v) is 16.5. The van der Waals surface area contributed by atoms with E-state index in [1.807, 2.05) is 28.7 Å². The molecular weight excluding hydrogens is 496 g/mol. The molecule has 0 aliphatic carbocycles. The second-order valence-electron chi connectivity index (χ2n) is 5.67. The first-order valence-electron chi connectivity index (χ1n) is 7.09. The predicted octanol–water partition coefficient (Wildman–Crippen LogP) is 2.22. The lowest BCUT2D eigenvalue weighted by atomic mass is 9.88. The molecule has 1 saturated heterocycles. The number of benzene rings is 1. The van der Waals surface area contributed by atoms with Gasteiger partial charge in [-0.15, -0.1) is 0 Å². The van der Waals surface area contributed by atoms with Gasteiger partial charge in [0.05, 0.1) is 23.7 Å². The fraction of sp³-hybridized carbons (Fsp3) is 0.533. The van der Waals surface area contributed by atoms with Gasteiger partial charge in [0.15, 0.2) is 0 Å². The van der Waals surface area contributed by atoms with Crippen LogP contribution in [0.15, 0.2) is 12.1 Å². The number of halogens is 2. The number of aromatic hydroxyl groups is 1. The van der Waals surface area contributed by atoms with Crippen molar-refractivity contribution in [2.45, 2.75) is 31.8 Å². The number of phenols is 1. The number of carbonyl (C=O) groups is 1. The number of likely N-dealkylation sites (tertiary alicyclic amines) is 1. The molecule has 116 valence electrons. The van der Waals surface area contributed by atoms with Crippen LogP contribution in [-0.4, -0.2) is 36.8 Å². The summed E-state index contributed by atoms with van der Waals surface area (Å²) in [4.78, 5) is 14.0. The molecule has 0 saturated carbocycles. The van der Waals surface area contributed by atoms with Crippen LogP contribution in [0.3, 0.4) is 0 Å². The minimum atomic E-state index is -0.412. The Morgan fingerprint density at radius 1 is 1.38 bits per heavy atom. The number of phenolic OH excluding ortho intramolecular Hbond substituents is 1. The number of ether oxygens (including phenoxy) is 1. The first-order valence-corrected chi connectivity index (χ1v) is 9.25. The maximum absolute atomic E-state index is 12.5. The van der Waals surface area contributed by atoms with Gasteiger partial charge in [-0.2, -0.15) is 0 Å². The molecule has 1 heterocycles. The highest BCUT2D eigenvalue weighted by Gasteiger charge is 2.38. The first kappa shape index (κ1) is 17.3. The van der Waals surface area contributed by atoms with Gasteiger partial charge in [-0.05, 0) is 63.7 Å². The summed E-state index contributed by atoms with van der Waals surface area (Å²) in [7, 11) is 2.16. The van der Waals surface area contributed by atoms with Crippen LogP contribution in [0.4, 0.5) is 0 Å². The van der Waals surface area contributed by atoms with Gasteiger partial charge in [0.1, 0.15) is 16.9 Å². The summed E-state index contributed by atoms with van der Waals surface area (Å²) in [6.07, 6.45) is 2.57. The highest BCUT2D eigenvalue weighted by molar-refractivity contribution is 14.1. The third-order valence-electron chi connectivity index (χ3n) is 4.22. The van der Waals surface area contributed by atoms with E-state index in [1.165, 1.54) is 4.90 Å². The van der Waals surface area contributed by atoms with Gasteiger partial charge in [-0.3, -0.25) is 0 Å². The lowest BCUT2D eigenvalue weighted by Crippen LogP contribution is -3.10. The van der Waals surface area contributed by atoms with Gasteiger partial charge in [-0.25, -0.2) is 4.79 Å². The molecule has 4 nitrogen and oxygen atoms in total. The molecule has 0 amide bonds. The second-order valence-corrected chi connectivity index (χ2v) is 8.07. The topological polar surface area (TPSA) is 51.0 Å². The quantitative estimate of drug-likeness (QED) is 0.479. The van der Waals surface area contributed by atoms with Crippen LogP contribution in [0.2, 0.25) is 0 Å². The van der Waals surface area contributed by atoms with Crippen LogP contribution >= 0.6 is 45.2 Å². The lowest BCUT2D eigenvalue weighted by Gasteiger charge is -2.37. The van der Waals surface area contributed by atoms with Gasteiger partial charge in [0.25, 0.3) is 0 Å². The van der Waals surface area contributed by atoms with Crippen molar-refractivity contribution < 1.29 is 19.5 Å². The fourth-order valence-corrected chi connectivity index (χ4v) is 4.48. The van der Waals surface area contributed by atoms with Gasteiger partial charge >= 0.3 is 5.97 Å². The minimum Gasteiger partial charge on any atom is -0.506 e. The molecule has 2 rings (SSSR count). The number of esters is 1. The lowest BCUT2D eigenvalue weighted by molar-refractivity contribution is -0.887. The Hall–Kier alpha value is -0.0900. The smallest absolute Gasteiger partial charge is 0.342 e. The van der Waals surface area contributed by atoms with Crippen molar-refractivity contribution in [2.24, 2.45) is 0 Å². The number of nitrogens with one attached hydrogen (secondary N) is 1. The van der Waals surface area contributed by atoms with E-state index in [2.05, 4.69) is 36.6 Å². The molecule has 1 aromatic rings. The van der Waals surface area contributed by atoms with Crippen LogP contribution in [0, 0.1) is 7.14 Å². The molecule has 1 aromatic carbocycles. The molecule has 0 unspecified atom stereocenters. The summed E-state index contributed by atoms with van der Waals surface area (Å²) in [5.74, 6) is -0.392. The molecule has 0 atom stereocenters. The van der Waals surface area contributed by atoms with Crippen LogP contribution in [0.25, 0.3) is 0 Å². The van der Waals surface area contributed by atoms with Crippen LogP contribution in [-0.2, 0) is 4.74 Å². The Balaban J connectivity index is 2.21. The highest BCUT2D eigenvalue weighted by atomic mass is 127. The summed E-state index contributed by atoms with van der Waals surface area (Å²) in [6, 6.07) is 3.52. The van der Waals surface area contributed by atoms with E-state index in [1.54, 1.807) is 6.07 Å². The Morgan fingerprint density at radius 2 is 2.00 bits per heavy atom. The molecule has 2 N–H and O–H groups in total. The Bertz CT molecular complexity index is 540. The van der Waals surface area contributed by atoms with Crippen molar-refractivity contribution in [1.29, 1.82) is 0 Å². The number of hydrogen-bond donors (Lipinski definition) is 2. The van der Waals surface area contributed by atoms with Crippen molar-refractivity contribution in [1.82, 2.24) is 0 Å². The van der Waals surface area contributed by atoms with Crippen molar-refractivity contribution in [3.63, 3.8) is 0 Å². The Kier molecular flexibility index (Phi) is 5.75. The van der Waals surface area contributed by atoms with Crippen molar-refractivity contribution in [3.05, 3.63) is 24.8 Å². The van der Waals surface area contributed by atoms with Crippen LogP contribution in [0.1, 0.15) is 36.5 Å². The number of carbonyl (C=O) groups excluding carboxylic acids is 1. The normalized spacial score (nSPS) is 25.6. The second kappa shape index (κ2) is 6.99. The molecule has 21 heavy (non-hydrogen) atoms. The van der Waals surface area contributed by atoms with E-state index in [0.717, 1.165) is 35.9 Å². The third kappa shape index (κ3) is 4.01. The van der Waals surface area contributed by atoms with Gasteiger partial charge in [0.2, 0.25) is 0 Å². The van der Waals surface area contributed by atoms with Crippen LogP contribution < -0.4 is 4.90 Å². The van der Waals surface area contributed by atoms with E-state index in [9.17, 15) is 9.90 Å². The van der Waals surface area contributed by atoms with Crippen molar-refractivity contribution in [2.75, 3.05) is 20.1 Å². The summed E-state index contributed by atoms with van der Waals surface area (Å²) >= 11 is 4.17. The first-order chi connectivity index (χ1) is 9.87. The average molecular weight is 516 g/mol. The number of piperidine rings is 1. The number of hydrogen-bond acceptors (Lipinski definition) is 3. The van der Waals surface area contributed by atoms with E-state index >= 15 is 0 Å². The van der Waals surface area contributed by atoms with Crippen molar-refractivity contribution >= 4 is 51.2 Å². The molecule has 0 radical (unpaired) electrons. The van der Waals surface area contributed by atoms with E-state index in [4.69, 9.17) is 4.74 Å². The zero-order chi connectivity index (χ0) is 15.6. The summed E-state index contributed by atoms with van der Waals surface area (Å²) in [6.45, 7) is 4.08. The number of rotatable bonds is 3. The zero-order valence-electron chi connectivity index (χ0n) is 12.2. The molecule has 1 aliphatic rings. The molecule has 6 heteroatoms. The predicted molar refractivity (Wildman–Crippen MR) is 97.8 cm³/mol. The molecule has 1 fully saturated rings. The highest BCUT2D eigenvalue weighted by Crippen LogP contribution is 2.31. The standard InChI is InChI=1S/C15H19I2NO3/c1-3-15(4-6-18(2)7-5-15)21-14(20)11-8-10(16)9-12(17)13(11)19/h8-9,19H,3-7H2,1-2H3/p+1. The van der Waals surface area contributed by atoms with Crippen LogP contribution in [0.5, 0.6) is 5.75 Å². The Labute approximate surface area is 152 Å². The summed E-state index contributed by atoms with van der Waals surface area (Å²) in [5.41, 5.74) is -0.110. The maximum atomic E-state index is 12.5. The average Bonchev–Trinajstić information content (AvgIpc) is 2.45. The summed E-state index contributed by atoms with van der Waals surface area (Å²) in [5, 5.41) is 10.1. The summed E-state index contributed by atoms with van der Waals surface area (Å²) < 4.78 is 7.42. The monoisotopic (exact) mass is 516 g/mol. The van der Waals surface area contributed by atoms with Crippen molar-refractivity contribution in [3.8, 4) is 5.75 Å². The molecule has 0 aromatic heterocycles. The Morgan fingerprint density at radius 3 is 2.57 bits per heavy atom. The molecule has 0 spiro atoms. The SMILES string of the molecule is CCC1(OC(=O)c2cc(I)cc(I)c2O)CC[NH+](C)CC1. The van der Waals surface area contributed by atoms with E-state index < -0.39 is 5.97 Å². The van der Waals surface area contributed by atoms with Gasteiger partial charge < -0.3 is 14.7 Å². The minimum absolute atomic E-state index is 0.0193. The molecule has 1 aliphatic heterocycles. The van der Waals surface area contributed by atoms with E-state index in [0.29, 0.717) is 3.57 Å². The third-order valence-corrected chi connectivity index (χ3v) is 5.66. The largest absolute Gasteiger partial charge is 0.506 e. The fourth-order valence-electron chi connectivity index (χ4n) is 2.63. The molecule has 0 bridgehead atoms. The maximum Gasteiger partial charge on any atom is 0.342 e.